The molecule has 6 heteroatoms. The summed E-state index contributed by atoms with van der Waals surface area (Å²) in [4.78, 5) is 35.9. The zero-order chi connectivity index (χ0) is 18.1. The highest BCUT2D eigenvalue weighted by molar-refractivity contribution is 5.89. The highest BCUT2D eigenvalue weighted by Gasteiger charge is 2.40. The maximum absolute atomic E-state index is 12.9. The highest BCUT2D eigenvalue weighted by Crippen LogP contribution is 2.30. The number of aryl methyl sites for hydroxylation is 1. The molecule has 2 amide bonds. The summed E-state index contributed by atoms with van der Waals surface area (Å²) in [6, 6.07) is 4.47. The van der Waals surface area contributed by atoms with Crippen molar-refractivity contribution in [3.8, 4) is 0 Å². The molecule has 1 aliphatic carbocycles. The van der Waals surface area contributed by atoms with Crippen molar-refractivity contribution in [1.29, 1.82) is 0 Å². The molecule has 1 saturated carbocycles. The summed E-state index contributed by atoms with van der Waals surface area (Å²) < 4.78 is 0. The molecule has 1 aromatic rings. The summed E-state index contributed by atoms with van der Waals surface area (Å²) in [5.74, 6) is 1.18. The smallest absolute Gasteiger partial charge is 0.228 e. The van der Waals surface area contributed by atoms with E-state index in [1.165, 1.54) is 18.4 Å². The normalized spacial score (nSPS) is 24.6. The van der Waals surface area contributed by atoms with Crippen LogP contribution in [0, 0.1) is 12.8 Å². The van der Waals surface area contributed by atoms with Gasteiger partial charge in [-0.3, -0.25) is 9.59 Å². The van der Waals surface area contributed by atoms with Gasteiger partial charge in [-0.2, -0.15) is 0 Å². The molecule has 0 radical (unpaired) electrons. The largest absolute Gasteiger partial charge is 0.353 e. The fourth-order valence-corrected chi connectivity index (χ4v) is 4.57. The van der Waals surface area contributed by atoms with E-state index < -0.39 is 0 Å². The molecule has 1 aromatic heterocycles. The predicted molar refractivity (Wildman–Crippen MR) is 99.8 cm³/mol. The van der Waals surface area contributed by atoms with Crippen LogP contribution in [-0.4, -0.2) is 65.4 Å². The first-order valence-corrected chi connectivity index (χ1v) is 9.87. The topological polar surface area (TPSA) is 56.8 Å². The Morgan fingerprint density at radius 3 is 2.58 bits per heavy atom. The molecular formula is C20H28N4O2. The molecule has 26 heavy (non-hydrogen) atoms. The Morgan fingerprint density at radius 1 is 1.15 bits per heavy atom. The van der Waals surface area contributed by atoms with Crippen molar-refractivity contribution in [3.05, 3.63) is 23.9 Å². The molecule has 1 atom stereocenters. The maximum atomic E-state index is 12.9. The quantitative estimate of drug-likeness (QED) is 0.829. The molecule has 3 heterocycles. The standard InChI is InChI=1S/C20H28N4O2/c1-15-6-7-21-18(12-15)22-8-10-23(11-9-22)20(26)16-13-19(25)24(14-16)17-4-2-3-5-17/h6-7,12,16-17H,2-5,8-11,13-14H2,1H3. The number of nitrogens with zero attached hydrogens (tertiary/aromatic N) is 4. The SMILES string of the molecule is Cc1ccnc(N2CCN(C(=O)C3CC(=O)N(C4CCCC4)C3)CC2)c1. The van der Waals surface area contributed by atoms with Gasteiger partial charge in [-0.05, 0) is 37.5 Å². The molecule has 0 N–H and O–H groups in total. The maximum Gasteiger partial charge on any atom is 0.228 e. The highest BCUT2D eigenvalue weighted by atomic mass is 16.2. The lowest BCUT2D eigenvalue weighted by Gasteiger charge is -2.36. The van der Waals surface area contributed by atoms with Crippen LogP contribution >= 0.6 is 0 Å². The van der Waals surface area contributed by atoms with E-state index in [0.29, 0.717) is 32.1 Å². The van der Waals surface area contributed by atoms with Gasteiger partial charge < -0.3 is 14.7 Å². The molecule has 3 fully saturated rings. The third-order valence-electron chi connectivity index (χ3n) is 6.09. The van der Waals surface area contributed by atoms with E-state index in [2.05, 4.69) is 22.9 Å². The van der Waals surface area contributed by atoms with Crippen molar-refractivity contribution in [1.82, 2.24) is 14.8 Å². The van der Waals surface area contributed by atoms with Gasteiger partial charge in [0.25, 0.3) is 0 Å². The number of piperazine rings is 1. The Bertz CT molecular complexity index is 678. The summed E-state index contributed by atoms with van der Waals surface area (Å²) in [5.41, 5.74) is 1.20. The summed E-state index contributed by atoms with van der Waals surface area (Å²) in [6.07, 6.45) is 6.87. The lowest BCUT2D eigenvalue weighted by atomic mass is 10.1. The zero-order valence-corrected chi connectivity index (χ0v) is 15.6. The van der Waals surface area contributed by atoms with E-state index in [0.717, 1.165) is 31.7 Å². The molecular weight excluding hydrogens is 328 g/mol. The van der Waals surface area contributed by atoms with Crippen molar-refractivity contribution in [2.45, 2.75) is 45.1 Å². The fraction of sp³-hybridized carbons (Fsp3) is 0.650. The number of pyridine rings is 1. The van der Waals surface area contributed by atoms with Crippen LogP contribution in [0.15, 0.2) is 18.3 Å². The summed E-state index contributed by atoms with van der Waals surface area (Å²) in [6.45, 7) is 5.72. The van der Waals surface area contributed by atoms with E-state index in [-0.39, 0.29) is 17.7 Å². The second-order valence-electron chi connectivity index (χ2n) is 7.89. The number of carbonyl (C=O) groups excluding carboxylic acids is 2. The van der Waals surface area contributed by atoms with E-state index >= 15 is 0 Å². The second kappa shape index (κ2) is 7.25. The molecule has 2 aliphatic heterocycles. The Hall–Kier alpha value is -2.11. The van der Waals surface area contributed by atoms with E-state index in [9.17, 15) is 9.59 Å². The van der Waals surface area contributed by atoms with Gasteiger partial charge in [0.2, 0.25) is 11.8 Å². The van der Waals surface area contributed by atoms with Crippen LogP contribution in [0.4, 0.5) is 5.82 Å². The second-order valence-corrected chi connectivity index (χ2v) is 7.89. The minimum Gasteiger partial charge on any atom is -0.353 e. The van der Waals surface area contributed by atoms with Crippen molar-refractivity contribution in [2.24, 2.45) is 5.92 Å². The molecule has 140 valence electrons. The molecule has 3 aliphatic rings. The number of carbonyl (C=O) groups is 2. The van der Waals surface area contributed by atoms with Crippen LogP contribution in [0.3, 0.4) is 0 Å². The molecule has 6 nitrogen and oxygen atoms in total. The van der Waals surface area contributed by atoms with Crippen molar-refractivity contribution >= 4 is 17.6 Å². The first kappa shape index (κ1) is 17.3. The van der Waals surface area contributed by atoms with Gasteiger partial charge in [-0.15, -0.1) is 0 Å². The number of anilines is 1. The predicted octanol–water partition coefficient (Wildman–Crippen LogP) is 1.83. The average molecular weight is 356 g/mol. The van der Waals surface area contributed by atoms with Gasteiger partial charge in [0.05, 0.1) is 5.92 Å². The van der Waals surface area contributed by atoms with Crippen LogP contribution in [0.5, 0.6) is 0 Å². The van der Waals surface area contributed by atoms with Gasteiger partial charge in [0.1, 0.15) is 5.82 Å². The number of amides is 2. The monoisotopic (exact) mass is 356 g/mol. The van der Waals surface area contributed by atoms with Gasteiger partial charge in [0.15, 0.2) is 0 Å². The average Bonchev–Trinajstić information content (AvgIpc) is 3.31. The number of rotatable bonds is 3. The molecule has 4 rings (SSSR count). The first-order valence-electron chi connectivity index (χ1n) is 9.87. The van der Waals surface area contributed by atoms with E-state index in [1.54, 1.807) is 0 Å². The Morgan fingerprint density at radius 2 is 1.88 bits per heavy atom. The fourth-order valence-electron chi connectivity index (χ4n) is 4.57. The van der Waals surface area contributed by atoms with Gasteiger partial charge in [-0.1, -0.05) is 12.8 Å². The lowest BCUT2D eigenvalue weighted by Crippen LogP contribution is -2.51. The molecule has 0 spiro atoms. The number of likely N-dealkylation sites (tertiary alicyclic amines) is 1. The van der Waals surface area contributed by atoms with Crippen LogP contribution in [0.1, 0.15) is 37.7 Å². The zero-order valence-electron chi connectivity index (χ0n) is 15.6. The van der Waals surface area contributed by atoms with Crippen molar-refractivity contribution in [3.63, 3.8) is 0 Å². The Labute approximate surface area is 155 Å². The summed E-state index contributed by atoms with van der Waals surface area (Å²) in [7, 11) is 0. The minimum absolute atomic E-state index is 0.147. The van der Waals surface area contributed by atoms with Gasteiger partial charge in [0, 0.05) is 51.4 Å². The van der Waals surface area contributed by atoms with Crippen LogP contribution in [0.2, 0.25) is 0 Å². The van der Waals surface area contributed by atoms with Crippen molar-refractivity contribution < 1.29 is 9.59 Å². The lowest BCUT2D eigenvalue weighted by molar-refractivity contribution is -0.136. The molecule has 0 aromatic carbocycles. The molecule has 2 saturated heterocycles. The van der Waals surface area contributed by atoms with Crippen LogP contribution in [-0.2, 0) is 9.59 Å². The number of hydrogen-bond acceptors (Lipinski definition) is 4. The van der Waals surface area contributed by atoms with E-state index in [1.807, 2.05) is 22.1 Å². The van der Waals surface area contributed by atoms with E-state index in [4.69, 9.17) is 0 Å². The first-order chi connectivity index (χ1) is 12.6. The van der Waals surface area contributed by atoms with Gasteiger partial charge in [-0.25, -0.2) is 4.98 Å². The third kappa shape index (κ3) is 3.41. The Kier molecular flexibility index (Phi) is 4.83. The summed E-state index contributed by atoms with van der Waals surface area (Å²) in [5, 5.41) is 0. The summed E-state index contributed by atoms with van der Waals surface area (Å²) >= 11 is 0. The number of hydrogen-bond donors (Lipinski definition) is 0. The Balaban J connectivity index is 1.33. The molecule has 1 unspecified atom stereocenters. The number of aromatic nitrogens is 1. The van der Waals surface area contributed by atoms with Crippen molar-refractivity contribution in [2.75, 3.05) is 37.6 Å². The van der Waals surface area contributed by atoms with Crippen LogP contribution in [0.25, 0.3) is 0 Å². The third-order valence-corrected chi connectivity index (χ3v) is 6.09. The molecule has 0 bridgehead atoms. The van der Waals surface area contributed by atoms with Gasteiger partial charge >= 0.3 is 0 Å². The van der Waals surface area contributed by atoms with Crippen LogP contribution < -0.4 is 4.90 Å². The minimum atomic E-state index is -0.147.